The molecule has 0 fully saturated rings. The molecule has 3 amide bonds. The lowest BCUT2D eigenvalue weighted by atomic mass is 10.1. The number of aromatic nitrogens is 1. The van der Waals surface area contributed by atoms with Gasteiger partial charge in [-0.3, -0.25) is 9.78 Å². The van der Waals surface area contributed by atoms with Crippen LogP contribution in [0.5, 0.6) is 5.75 Å². The van der Waals surface area contributed by atoms with Crippen molar-refractivity contribution in [3.05, 3.63) is 64.4 Å². The predicted molar refractivity (Wildman–Crippen MR) is 119 cm³/mol. The SMILES string of the molecule is CNC(=O)c1cc2ccc(CCNC(=O)Nc3cc(C(F)(F)F)c(Cl)cc3OC)cc2cn1. The summed E-state index contributed by atoms with van der Waals surface area (Å²) in [6, 6.07) is 8.29. The van der Waals surface area contributed by atoms with Crippen LogP contribution in [0.2, 0.25) is 5.02 Å². The molecule has 0 bridgehead atoms. The Hall–Kier alpha value is -3.53. The Morgan fingerprint density at radius 1 is 1.12 bits per heavy atom. The fourth-order valence-corrected chi connectivity index (χ4v) is 3.39. The van der Waals surface area contributed by atoms with Crippen molar-refractivity contribution < 1.29 is 27.5 Å². The second-order valence-corrected chi connectivity index (χ2v) is 7.40. The maximum Gasteiger partial charge on any atom is 0.417 e. The van der Waals surface area contributed by atoms with Gasteiger partial charge in [0.15, 0.2) is 0 Å². The Morgan fingerprint density at radius 3 is 2.55 bits per heavy atom. The number of nitrogens with one attached hydrogen (secondary N) is 3. The summed E-state index contributed by atoms with van der Waals surface area (Å²) in [6.07, 6.45) is -2.62. The van der Waals surface area contributed by atoms with Crippen LogP contribution in [0, 0.1) is 0 Å². The summed E-state index contributed by atoms with van der Waals surface area (Å²) in [4.78, 5) is 28.0. The lowest BCUT2D eigenvalue weighted by Gasteiger charge is -2.15. The van der Waals surface area contributed by atoms with E-state index in [9.17, 15) is 22.8 Å². The van der Waals surface area contributed by atoms with Crippen molar-refractivity contribution in [3.8, 4) is 5.75 Å². The number of halogens is 4. The molecule has 0 radical (unpaired) electrons. The standard InChI is InChI=1S/C22H20ClF3N4O3/c1-27-20(31)18-8-13-4-3-12(7-14(13)11-29-18)5-6-28-21(32)30-17-9-15(22(24,25)26)16(23)10-19(17)33-2/h3-4,7-11H,5-6H2,1-2H3,(H,27,31)(H2,28,30,32). The van der Waals surface area contributed by atoms with Crippen LogP contribution in [0.1, 0.15) is 21.6 Å². The van der Waals surface area contributed by atoms with E-state index in [0.717, 1.165) is 28.5 Å². The molecular formula is C22H20ClF3N4O3. The third kappa shape index (κ3) is 5.83. The minimum absolute atomic E-state index is 0.00121. The quantitative estimate of drug-likeness (QED) is 0.479. The highest BCUT2D eigenvalue weighted by molar-refractivity contribution is 6.31. The number of ether oxygens (including phenoxy) is 1. The number of amides is 3. The molecule has 0 saturated heterocycles. The van der Waals surface area contributed by atoms with Crippen LogP contribution in [-0.2, 0) is 12.6 Å². The van der Waals surface area contributed by atoms with Gasteiger partial charge in [0.2, 0.25) is 0 Å². The van der Waals surface area contributed by atoms with Gasteiger partial charge in [-0.1, -0.05) is 23.7 Å². The number of anilines is 1. The Kier molecular flexibility index (Phi) is 7.27. The zero-order valence-corrected chi connectivity index (χ0v) is 18.4. The second-order valence-electron chi connectivity index (χ2n) is 6.99. The van der Waals surface area contributed by atoms with Gasteiger partial charge in [0.25, 0.3) is 5.91 Å². The first-order chi connectivity index (χ1) is 15.6. The molecule has 1 heterocycles. The van der Waals surface area contributed by atoms with Crippen molar-refractivity contribution in [2.75, 3.05) is 26.0 Å². The van der Waals surface area contributed by atoms with E-state index in [1.807, 2.05) is 18.2 Å². The molecule has 174 valence electrons. The van der Waals surface area contributed by atoms with Crippen LogP contribution < -0.4 is 20.7 Å². The number of rotatable bonds is 6. The first kappa shape index (κ1) is 24.1. The summed E-state index contributed by atoms with van der Waals surface area (Å²) in [5.41, 5.74) is -0.0249. The Labute approximate surface area is 192 Å². The molecule has 0 unspecified atom stereocenters. The number of fused-ring (bicyclic) bond motifs is 1. The van der Waals surface area contributed by atoms with Gasteiger partial charge in [0.1, 0.15) is 11.4 Å². The van der Waals surface area contributed by atoms with E-state index < -0.39 is 22.8 Å². The van der Waals surface area contributed by atoms with Crippen LogP contribution in [0.15, 0.2) is 42.6 Å². The zero-order valence-electron chi connectivity index (χ0n) is 17.6. The molecule has 0 aliphatic carbocycles. The van der Waals surface area contributed by atoms with Gasteiger partial charge in [-0.15, -0.1) is 0 Å². The summed E-state index contributed by atoms with van der Waals surface area (Å²) in [5.74, 6) is -0.280. The van der Waals surface area contributed by atoms with Gasteiger partial charge in [-0.25, -0.2) is 4.79 Å². The van der Waals surface area contributed by atoms with Crippen LogP contribution >= 0.6 is 11.6 Å². The van der Waals surface area contributed by atoms with Gasteiger partial charge in [0.05, 0.1) is 23.4 Å². The molecule has 3 N–H and O–H groups in total. The highest BCUT2D eigenvalue weighted by atomic mass is 35.5. The van der Waals surface area contributed by atoms with Crippen molar-refractivity contribution in [1.82, 2.24) is 15.6 Å². The van der Waals surface area contributed by atoms with Crippen LogP contribution in [0.4, 0.5) is 23.7 Å². The molecule has 0 saturated carbocycles. The number of urea groups is 1. The minimum atomic E-state index is -4.68. The van der Waals surface area contributed by atoms with Crippen molar-refractivity contribution in [2.45, 2.75) is 12.6 Å². The van der Waals surface area contributed by atoms with Crippen molar-refractivity contribution in [1.29, 1.82) is 0 Å². The monoisotopic (exact) mass is 480 g/mol. The summed E-state index contributed by atoms with van der Waals surface area (Å²) >= 11 is 5.67. The number of benzene rings is 2. The highest BCUT2D eigenvalue weighted by Crippen LogP contribution is 2.40. The van der Waals surface area contributed by atoms with Crippen molar-refractivity contribution in [3.63, 3.8) is 0 Å². The average molecular weight is 481 g/mol. The maximum atomic E-state index is 13.1. The first-order valence-electron chi connectivity index (χ1n) is 9.72. The molecular weight excluding hydrogens is 461 g/mol. The topological polar surface area (TPSA) is 92.4 Å². The molecule has 1 aromatic heterocycles. The molecule has 7 nitrogen and oxygen atoms in total. The van der Waals surface area contributed by atoms with Gasteiger partial charge >= 0.3 is 12.2 Å². The van der Waals surface area contributed by atoms with Gasteiger partial charge in [-0.2, -0.15) is 13.2 Å². The molecule has 0 aliphatic rings. The number of nitrogens with zero attached hydrogens (tertiary/aromatic N) is 1. The van der Waals surface area contributed by atoms with Crippen LogP contribution in [0.3, 0.4) is 0 Å². The van der Waals surface area contributed by atoms with Crippen LogP contribution in [0.25, 0.3) is 10.8 Å². The number of pyridine rings is 1. The molecule has 0 aliphatic heterocycles. The lowest BCUT2D eigenvalue weighted by molar-refractivity contribution is -0.137. The molecule has 0 atom stereocenters. The summed E-state index contributed by atoms with van der Waals surface area (Å²) in [7, 11) is 2.78. The molecule has 3 rings (SSSR count). The van der Waals surface area contributed by atoms with Gasteiger partial charge < -0.3 is 20.7 Å². The van der Waals surface area contributed by atoms with E-state index in [-0.39, 0.29) is 23.9 Å². The van der Waals surface area contributed by atoms with E-state index in [1.165, 1.54) is 14.2 Å². The van der Waals surface area contributed by atoms with Crippen molar-refractivity contribution in [2.24, 2.45) is 0 Å². The number of hydrogen-bond donors (Lipinski definition) is 3. The molecule has 2 aromatic carbocycles. The largest absolute Gasteiger partial charge is 0.495 e. The second kappa shape index (κ2) is 9.95. The third-order valence-electron chi connectivity index (χ3n) is 4.79. The number of carbonyl (C=O) groups excluding carboxylic acids is 2. The summed E-state index contributed by atoms with van der Waals surface area (Å²) in [6.45, 7) is 0.225. The molecule has 0 spiro atoms. The fourth-order valence-electron chi connectivity index (χ4n) is 3.12. The van der Waals surface area contributed by atoms with Crippen LogP contribution in [-0.4, -0.2) is 37.6 Å². The first-order valence-corrected chi connectivity index (χ1v) is 10.1. The zero-order chi connectivity index (χ0) is 24.2. The maximum absolute atomic E-state index is 13.1. The smallest absolute Gasteiger partial charge is 0.417 e. The molecule has 33 heavy (non-hydrogen) atoms. The number of methoxy groups -OCH3 is 1. The predicted octanol–water partition coefficient (Wildman–Crippen LogP) is 4.64. The van der Waals surface area contributed by atoms with E-state index in [4.69, 9.17) is 16.3 Å². The normalized spacial score (nSPS) is 11.2. The van der Waals surface area contributed by atoms with Gasteiger partial charge in [-0.05, 0) is 35.6 Å². The minimum Gasteiger partial charge on any atom is -0.495 e. The Balaban J connectivity index is 1.63. The van der Waals surface area contributed by atoms with E-state index >= 15 is 0 Å². The average Bonchev–Trinajstić information content (AvgIpc) is 2.78. The fraction of sp³-hybridized carbons (Fsp3) is 0.227. The molecule has 11 heteroatoms. The van der Waals surface area contributed by atoms with E-state index in [2.05, 4.69) is 20.9 Å². The summed E-state index contributed by atoms with van der Waals surface area (Å²) < 4.78 is 44.3. The molecule has 3 aromatic rings. The Morgan fingerprint density at radius 2 is 1.88 bits per heavy atom. The number of alkyl halides is 3. The number of hydrogen-bond acceptors (Lipinski definition) is 4. The van der Waals surface area contributed by atoms with E-state index in [1.54, 1.807) is 12.3 Å². The van der Waals surface area contributed by atoms with Crippen molar-refractivity contribution >= 4 is 40.0 Å². The Bertz CT molecular complexity index is 1200. The third-order valence-corrected chi connectivity index (χ3v) is 5.10. The van der Waals surface area contributed by atoms with Gasteiger partial charge in [0, 0.05) is 31.2 Å². The lowest BCUT2D eigenvalue weighted by Crippen LogP contribution is -2.30. The summed E-state index contributed by atoms with van der Waals surface area (Å²) in [5, 5.41) is 8.61. The van der Waals surface area contributed by atoms with E-state index in [0.29, 0.717) is 12.1 Å². The highest BCUT2D eigenvalue weighted by Gasteiger charge is 2.34. The number of carbonyl (C=O) groups is 2.